The van der Waals surface area contributed by atoms with Crippen LogP contribution in [0.15, 0.2) is 255 Å². The highest BCUT2D eigenvalue weighted by Gasteiger charge is 2.58. The lowest BCUT2D eigenvalue weighted by molar-refractivity contribution is 0.633. The minimum Gasteiger partial charge on any atom is -0.228 e. The van der Waals surface area contributed by atoms with Gasteiger partial charge in [-0.05, 0) is 113 Å². The number of hydrogen-bond acceptors (Lipinski definition) is 2. The summed E-state index contributed by atoms with van der Waals surface area (Å²) < 4.78 is 0. The molecule has 316 valence electrons. The Labute approximate surface area is 396 Å². The molecule has 1 heterocycles. The van der Waals surface area contributed by atoms with Gasteiger partial charge in [0.15, 0.2) is 5.82 Å². The lowest BCUT2D eigenvalue weighted by Crippen LogP contribution is -2.43. The minimum atomic E-state index is -0.565. The maximum Gasteiger partial charge on any atom is 0.160 e. The van der Waals surface area contributed by atoms with Gasteiger partial charge in [-0.2, -0.15) is 0 Å². The molecule has 0 radical (unpaired) electrons. The Morgan fingerprint density at radius 3 is 1.03 bits per heavy atom. The third-order valence-corrected chi connectivity index (χ3v) is 15.0. The summed E-state index contributed by atoms with van der Waals surface area (Å²) in [5.41, 5.74) is 24.2. The van der Waals surface area contributed by atoms with E-state index in [9.17, 15) is 0 Å². The normalized spacial score (nSPS) is 13.8. The molecule has 2 heteroatoms. The van der Waals surface area contributed by atoms with Gasteiger partial charge in [-0.25, -0.2) is 9.97 Å². The highest BCUT2D eigenvalue weighted by atomic mass is 14.9. The Morgan fingerprint density at radius 2 is 0.544 bits per heavy atom. The van der Waals surface area contributed by atoms with Crippen molar-refractivity contribution in [3.05, 3.63) is 299 Å². The SMILES string of the molecule is c1ccc(-c2cccc(-c3cc(-c4cccc(-c5ccc6c(c5)C5(c7ccccc7-c7ccccc75)c5ccccc5C65c6ccccc6-c6ccccc65)c4)nc(-c4ccccc4)n3)c2)cc1. The first-order valence-corrected chi connectivity index (χ1v) is 23.6. The van der Waals surface area contributed by atoms with Gasteiger partial charge in [-0.3, -0.25) is 0 Å². The van der Waals surface area contributed by atoms with E-state index in [4.69, 9.17) is 9.97 Å². The summed E-state index contributed by atoms with van der Waals surface area (Å²) in [4.78, 5) is 10.5. The third kappa shape index (κ3) is 5.40. The first-order chi connectivity index (χ1) is 33.7. The quantitative estimate of drug-likeness (QED) is 0.172. The average molecular weight is 863 g/mol. The zero-order chi connectivity index (χ0) is 44.8. The summed E-state index contributed by atoms with van der Waals surface area (Å²) in [5.74, 6) is 0.698. The Morgan fingerprint density at radius 1 is 0.206 bits per heavy atom. The van der Waals surface area contributed by atoms with Gasteiger partial charge in [0, 0.05) is 16.7 Å². The second-order valence-electron chi connectivity index (χ2n) is 18.3. The molecule has 0 fully saturated rings. The van der Waals surface area contributed by atoms with Crippen molar-refractivity contribution in [3.8, 4) is 78.4 Å². The van der Waals surface area contributed by atoms with Crippen molar-refractivity contribution < 1.29 is 0 Å². The van der Waals surface area contributed by atoms with Crippen LogP contribution in [-0.4, -0.2) is 9.97 Å². The number of benzene rings is 10. The Balaban J connectivity index is 1.00. The number of hydrogen-bond donors (Lipinski definition) is 0. The van der Waals surface area contributed by atoms with E-state index in [2.05, 4.69) is 249 Å². The summed E-state index contributed by atoms with van der Waals surface area (Å²) in [7, 11) is 0. The molecule has 14 rings (SSSR count). The molecule has 0 aliphatic heterocycles. The maximum absolute atomic E-state index is 5.30. The van der Waals surface area contributed by atoms with E-state index >= 15 is 0 Å². The molecule has 0 amide bonds. The monoisotopic (exact) mass is 862 g/mol. The summed E-state index contributed by atoms with van der Waals surface area (Å²) in [6, 6.07) is 93.8. The van der Waals surface area contributed by atoms with Gasteiger partial charge < -0.3 is 0 Å². The lowest BCUT2D eigenvalue weighted by atomic mass is 9.52. The fourth-order valence-electron chi connectivity index (χ4n) is 12.2. The summed E-state index contributed by atoms with van der Waals surface area (Å²) in [6.07, 6.45) is 0. The zero-order valence-electron chi connectivity index (χ0n) is 37.1. The fourth-order valence-corrected chi connectivity index (χ4v) is 12.2. The second kappa shape index (κ2) is 14.9. The van der Waals surface area contributed by atoms with E-state index in [0.717, 1.165) is 44.8 Å². The number of aromatic nitrogens is 2. The summed E-state index contributed by atoms with van der Waals surface area (Å²) in [5, 5.41) is 0. The largest absolute Gasteiger partial charge is 0.228 e. The number of nitrogens with zero attached hydrogens (tertiary/aromatic N) is 2. The highest BCUT2D eigenvalue weighted by Crippen LogP contribution is 2.67. The van der Waals surface area contributed by atoms with Gasteiger partial charge in [-0.15, -0.1) is 0 Å². The van der Waals surface area contributed by atoms with Crippen LogP contribution < -0.4 is 0 Å². The zero-order valence-corrected chi connectivity index (χ0v) is 37.1. The first-order valence-electron chi connectivity index (χ1n) is 23.6. The van der Waals surface area contributed by atoms with Crippen LogP contribution in [0.3, 0.4) is 0 Å². The predicted molar refractivity (Wildman–Crippen MR) is 277 cm³/mol. The predicted octanol–water partition coefficient (Wildman–Crippen LogP) is 15.9. The van der Waals surface area contributed by atoms with Crippen LogP contribution in [0.25, 0.3) is 78.4 Å². The molecule has 0 saturated heterocycles. The van der Waals surface area contributed by atoms with Crippen LogP contribution >= 0.6 is 0 Å². The average Bonchev–Trinajstić information content (AvgIpc) is 3.89. The topological polar surface area (TPSA) is 25.8 Å². The van der Waals surface area contributed by atoms with Gasteiger partial charge in [0.2, 0.25) is 0 Å². The number of fused-ring (bicyclic) bond motifs is 16. The molecule has 3 aliphatic rings. The first kappa shape index (κ1) is 38.5. The number of rotatable bonds is 5. The fraction of sp³-hybridized carbons (Fsp3) is 0.0303. The van der Waals surface area contributed by atoms with Crippen molar-refractivity contribution in [2.45, 2.75) is 10.8 Å². The van der Waals surface area contributed by atoms with Gasteiger partial charge in [0.1, 0.15) is 0 Å². The van der Waals surface area contributed by atoms with Gasteiger partial charge >= 0.3 is 0 Å². The van der Waals surface area contributed by atoms with Gasteiger partial charge in [-0.1, -0.05) is 231 Å². The van der Waals surface area contributed by atoms with Crippen molar-refractivity contribution >= 4 is 0 Å². The molecule has 0 saturated carbocycles. The molecule has 0 atom stereocenters. The van der Waals surface area contributed by atoms with Crippen molar-refractivity contribution in [2.75, 3.05) is 0 Å². The van der Waals surface area contributed by atoms with E-state index in [1.165, 1.54) is 72.3 Å². The maximum atomic E-state index is 5.30. The minimum absolute atomic E-state index is 0.528. The molecule has 0 bridgehead atoms. The Kier molecular flexibility index (Phi) is 8.45. The molecule has 2 nitrogen and oxygen atoms in total. The molecular formula is C66H42N2. The van der Waals surface area contributed by atoms with Crippen LogP contribution in [0.1, 0.15) is 44.5 Å². The van der Waals surface area contributed by atoms with Gasteiger partial charge in [0.25, 0.3) is 0 Å². The van der Waals surface area contributed by atoms with E-state index in [1.807, 2.05) is 6.07 Å². The second-order valence-corrected chi connectivity index (χ2v) is 18.3. The Hall–Kier alpha value is -8.72. The van der Waals surface area contributed by atoms with Crippen LogP contribution in [0.5, 0.6) is 0 Å². The van der Waals surface area contributed by atoms with Crippen molar-refractivity contribution in [1.82, 2.24) is 9.97 Å². The molecule has 3 aliphatic carbocycles. The van der Waals surface area contributed by atoms with Crippen LogP contribution in [-0.2, 0) is 10.8 Å². The Bertz CT molecular complexity index is 3720. The van der Waals surface area contributed by atoms with E-state index in [-0.39, 0.29) is 0 Å². The molecule has 0 N–H and O–H groups in total. The molecule has 10 aromatic carbocycles. The van der Waals surface area contributed by atoms with Crippen molar-refractivity contribution in [1.29, 1.82) is 0 Å². The van der Waals surface area contributed by atoms with Crippen molar-refractivity contribution in [2.24, 2.45) is 0 Å². The lowest BCUT2D eigenvalue weighted by Gasteiger charge is -2.49. The molecule has 2 spiro atoms. The van der Waals surface area contributed by atoms with E-state index in [0.29, 0.717) is 5.82 Å². The summed E-state index contributed by atoms with van der Waals surface area (Å²) >= 11 is 0. The highest BCUT2D eigenvalue weighted by molar-refractivity contribution is 5.94. The van der Waals surface area contributed by atoms with Crippen LogP contribution in [0, 0.1) is 0 Å². The molecule has 1 aromatic heterocycles. The molecule has 0 unspecified atom stereocenters. The van der Waals surface area contributed by atoms with Crippen LogP contribution in [0.2, 0.25) is 0 Å². The van der Waals surface area contributed by atoms with E-state index in [1.54, 1.807) is 0 Å². The summed E-state index contributed by atoms with van der Waals surface area (Å²) in [6.45, 7) is 0. The third-order valence-electron chi connectivity index (χ3n) is 15.0. The molecule has 68 heavy (non-hydrogen) atoms. The molecular weight excluding hydrogens is 821 g/mol. The van der Waals surface area contributed by atoms with Crippen molar-refractivity contribution in [3.63, 3.8) is 0 Å². The van der Waals surface area contributed by atoms with Crippen LogP contribution in [0.4, 0.5) is 0 Å². The smallest absolute Gasteiger partial charge is 0.160 e. The standard InChI is InChI=1S/C66H42N2/c1-3-19-43(20-4-1)45-23-17-25-48(39-45)62-42-63(68-64(67-62)44-21-5-2-6-22-44)49-26-18-24-46(40-49)47-37-38-60-61(41-47)66(56-33-13-9-29-52(56)53-30-10-14-34-57(53)66)59-36-16-15-35-58(59)65(60)54-31-11-7-27-50(54)51-28-8-12-32-55(51)65/h1-42H. The van der Waals surface area contributed by atoms with Gasteiger partial charge in [0.05, 0.1) is 22.2 Å². The molecule has 11 aromatic rings. The van der Waals surface area contributed by atoms with E-state index < -0.39 is 10.8 Å².